The van der Waals surface area contributed by atoms with Crippen molar-refractivity contribution in [1.29, 1.82) is 0 Å². The molecule has 3 rings (SSSR count). The van der Waals surface area contributed by atoms with Crippen LogP contribution < -0.4 is 5.32 Å². The maximum atomic E-state index is 12.1. The van der Waals surface area contributed by atoms with E-state index in [2.05, 4.69) is 17.6 Å². The minimum absolute atomic E-state index is 0.104. The molecule has 1 saturated carbocycles. The number of carbonyl (C=O) groups excluding carboxylic acids is 1. The second kappa shape index (κ2) is 6.67. The van der Waals surface area contributed by atoms with Crippen LogP contribution in [0.1, 0.15) is 56.7 Å². The molecule has 22 heavy (non-hydrogen) atoms. The van der Waals surface area contributed by atoms with Gasteiger partial charge in [0.2, 0.25) is 5.91 Å². The van der Waals surface area contributed by atoms with Crippen molar-refractivity contribution < 1.29 is 4.79 Å². The van der Waals surface area contributed by atoms with E-state index < -0.39 is 0 Å². The van der Waals surface area contributed by atoms with Gasteiger partial charge in [0.05, 0.1) is 10.7 Å². The van der Waals surface area contributed by atoms with Gasteiger partial charge in [-0.1, -0.05) is 20.8 Å². The maximum Gasteiger partial charge on any atom is 0.225 e. The Kier molecular flexibility index (Phi) is 4.83. The molecule has 1 saturated heterocycles. The second-order valence-electron chi connectivity index (χ2n) is 7.14. The van der Waals surface area contributed by atoms with Gasteiger partial charge in [-0.25, -0.2) is 4.98 Å². The number of thiazole rings is 1. The van der Waals surface area contributed by atoms with Crippen LogP contribution >= 0.6 is 11.3 Å². The highest BCUT2D eigenvalue weighted by Gasteiger charge is 2.30. The molecule has 1 aliphatic heterocycles. The van der Waals surface area contributed by atoms with Gasteiger partial charge in [-0.2, -0.15) is 0 Å². The van der Waals surface area contributed by atoms with Gasteiger partial charge in [0.1, 0.15) is 0 Å². The van der Waals surface area contributed by atoms with Crippen LogP contribution in [0, 0.1) is 11.8 Å². The highest BCUT2D eigenvalue weighted by Crippen LogP contribution is 2.41. The van der Waals surface area contributed by atoms with Crippen molar-refractivity contribution in [2.45, 2.75) is 58.5 Å². The molecule has 122 valence electrons. The molecule has 0 radical (unpaired) electrons. The van der Waals surface area contributed by atoms with Crippen molar-refractivity contribution in [3.05, 3.63) is 16.1 Å². The van der Waals surface area contributed by atoms with Crippen molar-refractivity contribution in [1.82, 2.24) is 15.2 Å². The molecule has 0 unspecified atom stereocenters. The van der Waals surface area contributed by atoms with Gasteiger partial charge in [-0.15, -0.1) is 11.3 Å². The van der Waals surface area contributed by atoms with Crippen molar-refractivity contribution in [3.8, 4) is 0 Å². The van der Waals surface area contributed by atoms with Crippen LogP contribution in [0.15, 0.2) is 5.38 Å². The Balaban J connectivity index is 1.48. The number of aromatic nitrogens is 1. The summed E-state index contributed by atoms with van der Waals surface area (Å²) in [6.45, 7) is 8.82. The molecule has 1 aromatic heterocycles. The van der Waals surface area contributed by atoms with E-state index in [1.165, 1.54) is 23.5 Å². The van der Waals surface area contributed by atoms with Crippen molar-refractivity contribution in [2.75, 3.05) is 13.1 Å². The monoisotopic (exact) mass is 321 g/mol. The number of hydrogen-bond acceptors (Lipinski definition) is 4. The zero-order chi connectivity index (χ0) is 15.7. The molecule has 0 aromatic carbocycles. The normalized spacial score (nSPS) is 25.7. The minimum Gasteiger partial charge on any atom is -0.342 e. The first kappa shape index (κ1) is 15.9. The summed E-state index contributed by atoms with van der Waals surface area (Å²) < 4.78 is 0. The lowest BCUT2D eigenvalue weighted by molar-refractivity contribution is -0.136. The number of piperidine rings is 1. The first-order chi connectivity index (χ1) is 10.5. The number of nitrogens with one attached hydrogen (secondary N) is 1. The van der Waals surface area contributed by atoms with E-state index in [1.807, 2.05) is 30.1 Å². The van der Waals surface area contributed by atoms with E-state index in [-0.39, 0.29) is 5.92 Å². The zero-order valence-corrected chi connectivity index (χ0v) is 14.7. The van der Waals surface area contributed by atoms with Crippen LogP contribution in [-0.2, 0) is 11.3 Å². The molecule has 1 aliphatic carbocycles. The first-order valence-corrected chi connectivity index (χ1v) is 9.39. The highest BCUT2D eigenvalue weighted by atomic mass is 32.1. The van der Waals surface area contributed by atoms with E-state index in [1.54, 1.807) is 0 Å². The van der Waals surface area contributed by atoms with Gasteiger partial charge < -0.3 is 10.2 Å². The van der Waals surface area contributed by atoms with Gasteiger partial charge in [0.15, 0.2) is 0 Å². The van der Waals surface area contributed by atoms with Crippen LogP contribution in [0.5, 0.6) is 0 Å². The van der Waals surface area contributed by atoms with E-state index in [0.29, 0.717) is 17.9 Å². The number of nitrogens with zero attached hydrogens (tertiary/aromatic N) is 2. The standard InChI is InChI=1S/C17H27N3OS/c1-11(2)17(21)20-7-6-15(12(3)9-20)18-8-14-10-22-16(19-14)13-4-5-13/h10-13,15,18H,4-9H2,1-3H3/t12-,15-/m0/s1. The lowest BCUT2D eigenvalue weighted by Crippen LogP contribution is -2.50. The second-order valence-corrected chi connectivity index (χ2v) is 8.03. The van der Waals surface area contributed by atoms with E-state index in [0.717, 1.165) is 32.0 Å². The van der Waals surface area contributed by atoms with E-state index in [9.17, 15) is 4.79 Å². The van der Waals surface area contributed by atoms with E-state index >= 15 is 0 Å². The fourth-order valence-electron chi connectivity index (χ4n) is 3.17. The molecule has 2 aliphatic rings. The molecular weight excluding hydrogens is 294 g/mol. The topological polar surface area (TPSA) is 45.2 Å². The van der Waals surface area contributed by atoms with Crippen molar-refractivity contribution in [3.63, 3.8) is 0 Å². The van der Waals surface area contributed by atoms with Gasteiger partial charge in [-0.3, -0.25) is 4.79 Å². The number of carbonyl (C=O) groups is 1. The van der Waals surface area contributed by atoms with Crippen LogP contribution in [0.3, 0.4) is 0 Å². The average Bonchev–Trinajstić information content (AvgIpc) is 3.24. The predicted molar refractivity (Wildman–Crippen MR) is 89.9 cm³/mol. The van der Waals surface area contributed by atoms with Crippen molar-refractivity contribution >= 4 is 17.2 Å². The molecule has 2 heterocycles. The smallest absolute Gasteiger partial charge is 0.225 e. The van der Waals surface area contributed by atoms with E-state index in [4.69, 9.17) is 4.98 Å². The Morgan fingerprint density at radius 2 is 2.23 bits per heavy atom. The predicted octanol–water partition coefficient (Wildman–Crippen LogP) is 3.00. The Labute approximate surface area is 137 Å². The molecule has 1 aromatic rings. The quantitative estimate of drug-likeness (QED) is 0.907. The molecule has 2 atom stereocenters. The zero-order valence-electron chi connectivity index (χ0n) is 13.8. The third-order valence-electron chi connectivity index (χ3n) is 4.75. The number of rotatable bonds is 5. The molecule has 2 fully saturated rings. The van der Waals surface area contributed by atoms with Crippen LogP contribution in [0.2, 0.25) is 0 Å². The summed E-state index contributed by atoms with van der Waals surface area (Å²) in [5.41, 5.74) is 1.18. The van der Waals surface area contributed by atoms with Crippen molar-refractivity contribution in [2.24, 2.45) is 11.8 Å². The SMILES string of the molecule is CC(C)C(=O)N1CC[C@H](NCc2csc(C3CC3)n2)[C@@H](C)C1. The summed E-state index contributed by atoms with van der Waals surface area (Å²) in [4.78, 5) is 18.9. The number of amides is 1. The molecule has 1 amide bonds. The third-order valence-corrected chi connectivity index (χ3v) is 5.81. The summed E-state index contributed by atoms with van der Waals surface area (Å²) in [5, 5.41) is 7.17. The van der Waals surface area contributed by atoms with Gasteiger partial charge >= 0.3 is 0 Å². The molecular formula is C17H27N3OS. The lowest BCUT2D eigenvalue weighted by Gasteiger charge is -2.38. The fraction of sp³-hybridized carbons (Fsp3) is 0.765. The minimum atomic E-state index is 0.104. The van der Waals surface area contributed by atoms with Gasteiger partial charge in [-0.05, 0) is 25.2 Å². The maximum absolute atomic E-state index is 12.1. The molecule has 0 bridgehead atoms. The lowest BCUT2D eigenvalue weighted by atomic mass is 9.93. The summed E-state index contributed by atoms with van der Waals surface area (Å²) in [5.74, 6) is 1.65. The van der Waals surface area contributed by atoms with Crippen LogP contribution in [0.25, 0.3) is 0 Å². The summed E-state index contributed by atoms with van der Waals surface area (Å²) in [6, 6.07) is 0.488. The molecule has 0 spiro atoms. The van der Waals surface area contributed by atoms with Crippen LogP contribution in [-0.4, -0.2) is 34.9 Å². The Bertz CT molecular complexity index is 524. The molecule has 1 N–H and O–H groups in total. The summed E-state index contributed by atoms with van der Waals surface area (Å²) in [6.07, 6.45) is 3.68. The Morgan fingerprint density at radius 1 is 1.45 bits per heavy atom. The van der Waals surface area contributed by atoms with Crippen LogP contribution in [0.4, 0.5) is 0 Å². The number of likely N-dealkylation sites (tertiary alicyclic amines) is 1. The van der Waals surface area contributed by atoms with Gasteiger partial charge in [0, 0.05) is 42.9 Å². The highest BCUT2D eigenvalue weighted by molar-refractivity contribution is 7.09. The third kappa shape index (κ3) is 3.69. The summed E-state index contributed by atoms with van der Waals surface area (Å²) >= 11 is 1.81. The number of hydrogen-bond donors (Lipinski definition) is 1. The molecule has 5 heteroatoms. The average molecular weight is 321 g/mol. The first-order valence-electron chi connectivity index (χ1n) is 8.51. The Hall–Kier alpha value is -0.940. The largest absolute Gasteiger partial charge is 0.342 e. The Morgan fingerprint density at radius 3 is 2.86 bits per heavy atom. The molecule has 4 nitrogen and oxygen atoms in total. The summed E-state index contributed by atoms with van der Waals surface area (Å²) in [7, 11) is 0. The fourth-order valence-corrected chi connectivity index (χ4v) is 4.16. The van der Waals surface area contributed by atoms with Gasteiger partial charge in [0.25, 0.3) is 0 Å².